The molecule has 0 saturated carbocycles. The Kier molecular flexibility index (Phi) is 5.70. The Labute approximate surface area is 91.8 Å². The molecule has 1 heterocycles. The number of hydrogen-bond donors (Lipinski definition) is 1. The molecular weight excluding hydrogens is 192 g/mol. The van der Waals surface area contributed by atoms with Crippen LogP contribution in [0.4, 0.5) is 0 Å². The van der Waals surface area contributed by atoms with Crippen LogP contribution in [-0.2, 0) is 9.47 Å². The summed E-state index contributed by atoms with van der Waals surface area (Å²) >= 11 is 0. The fourth-order valence-corrected chi connectivity index (χ4v) is 1.63. The summed E-state index contributed by atoms with van der Waals surface area (Å²) in [4.78, 5) is 0. The Hall–Kier alpha value is -0.560. The zero-order valence-corrected chi connectivity index (χ0v) is 9.32. The van der Waals surface area contributed by atoms with Crippen LogP contribution in [0.25, 0.3) is 0 Å². The standard InChI is InChI=1S/C12H20O3/c1-3-6-11(10(2)9-13)15-12-7-4-5-8-14-12/h1,10-13H,4-9H2,2H3/t10-,11+,12?/m0/s1. The normalized spacial score (nSPS) is 25.5. The lowest BCUT2D eigenvalue weighted by Crippen LogP contribution is -2.32. The fraction of sp³-hybridized carbons (Fsp3) is 0.833. The van der Waals surface area contributed by atoms with Crippen molar-refractivity contribution in [1.82, 2.24) is 0 Å². The molecule has 3 heteroatoms. The van der Waals surface area contributed by atoms with Gasteiger partial charge in [-0.3, -0.25) is 0 Å². The monoisotopic (exact) mass is 212 g/mol. The first-order chi connectivity index (χ1) is 7.27. The van der Waals surface area contributed by atoms with Gasteiger partial charge in [0.05, 0.1) is 6.10 Å². The van der Waals surface area contributed by atoms with Gasteiger partial charge in [0.25, 0.3) is 0 Å². The molecule has 1 N–H and O–H groups in total. The number of aliphatic hydroxyl groups is 1. The average molecular weight is 212 g/mol. The highest BCUT2D eigenvalue weighted by molar-refractivity contribution is 4.89. The molecule has 0 aromatic rings. The van der Waals surface area contributed by atoms with Crippen molar-refractivity contribution in [1.29, 1.82) is 0 Å². The van der Waals surface area contributed by atoms with Gasteiger partial charge in [0.2, 0.25) is 0 Å². The van der Waals surface area contributed by atoms with Gasteiger partial charge in [-0.25, -0.2) is 0 Å². The first-order valence-electron chi connectivity index (χ1n) is 5.59. The lowest BCUT2D eigenvalue weighted by atomic mass is 10.0. The topological polar surface area (TPSA) is 38.7 Å². The van der Waals surface area contributed by atoms with E-state index in [0.717, 1.165) is 25.9 Å². The van der Waals surface area contributed by atoms with Gasteiger partial charge in [-0.05, 0) is 19.3 Å². The van der Waals surface area contributed by atoms with Gasteiger partial charge >= 0.3 is 0 Å². The second-order valence-corrected chi connectivity index (χ2v) is 4.04. The minimum absolute atomic E-state index is 0.0616. The molecule has 0 spiro atoms. The van der Waals surface area contributed by atoms with E-state index in [9.17, 15) is 0 Å². The molecule has 0 aliphatic carbocycles. The third-order valence-corrected chi connectivity index (χ3v) is 2.71. The summed E-state index contributed by atoms with van der Waals surface area (Å²) in [6, 6.07) is 0. The van der Waals surface area contributed by atoms with E-state index >= 15 is 0 Å². The maximum atomic E-state index is 9.07. The first-order valence-corrected chi connectivity index (χ1v) is 5.59. The zero-order chi connectivity index (χ0) is 11.1. The summed E-state index contributed by atoms with van der Waals surface area (Å²) in [5.74, 6) is 2.64. The van der Waals surface area contributed by atoms with E-state index in [1.807, 2.05) is 6.92 Å². The molecule has 3 atom stereocenters. The lowest BCUT2D eigenvalue weighted by molar-refractivity contribution is -0.198. The molecule has 0 aromatic carbocycles. The number of terminal acetylenes is 1. The third-order valence-electron chi connectivity index (χ3n) is 2.71. The molecule has 1 aliphatic heterocycles. The Bertz CT molecular complexity index is 203. The Morgan fingerprint density at radius 1 is 1.60 bits per heavy atom. The second-order valence-electron chi connectivity index (χ2n) is 4.04. The Morgan fingerprint density at radius 3 is 2.93 bits per heavy atom. The Balaban J connectivity index is 2.38. The molecule has 1 rings (SSSR count). The van der Waals surface area contributed by atoms with Gasteiger partial charge < -0.3 is 14.6 Å². The van der Waals surface area contributed by atoms with Crippen LogP contribution in [0.1, 0.15) is 32.6 Å². The molecule has 3 nitrogen and oxygen atoms in total. The highest BCUT2D eigenvalue weighted by atomic mass is 16.7. The van der Waals surface area contributed by atoms with E-state index in [0.29, 0.717) is 6.42 Å². The van der Waals surface area contributed by atoms with Crippen molar-refractivity contribution in [2.45, 2.75) is 45.0 Å². The van der Waals surface area contributed by atoms with Crippen molar-refractivity contribution in [3.63, 3.8) is 0 Å². The van der Waals surface area contributed by atoms with Crippen LogP contribution in [-0.4, -0.2) is 30.7 Å². The van der Waals surface area contributed by atoms with Crippen molar-refractivity contribution in [2.75, 3.05) is 13.2 Å². The molecule has 0 aromatic heterocycles. The van der Waals surface area contributed by atoms with Crippen LogP contribution in [0, 0.1) is 18.3 Å². The molecule has 1 fully saturated rings. The number of hydrogen-bond acceptors (Lipinski definition) is 3. The smallest absolute Gasteiger partial charge is 0.158 e. The van der Waals surface area contributed by atoms with Gasteiger partial charge in [0.1, 0.15) is 0 Å². The lowest BCUT2D eigenvalue weighted by Gasteiger charge is -2.29. The van der Waals surface area contributed by atoms with Crippen LogP contribution in [0.3, 0.4) is 0 Å². The predicted molar refractivity (Wildman–Crippen MR) is 58.2 cm³/mol. The van der Waals surface area contributed by atoms with Crippen molar-refractivity contribution in [2.24, 2.45) is 5.92 Å². The SMILES string of the molecule is C#CC[C@@H](OC1CCCCO1)[C@@H](C)CO. The molecule has 0 bridgehead atoms. The summed E-state index contributed by atoms with van der Waals surface area (Å²) in [6.07, 6.45) is 8.75. The van der Waals surface area contributed by atoms with Gasteiger partial charge in [0, 0.05) is 25.6 Å². The molecule has 0 radical (unpaired) electrons. The molecular formula is C12H20O3. The highest BCUT2D eigenvalue weighted by Gasteiger charge is 2.23. The largest absolute Gasteiger partial charge is 0.396 e. The summed E-state index contributed by atoms with van der Waals surface area (Å²) in [5, 5.41) is 9.07. The fourth-order valence-electron chi connectivity index (χ4n) is 1.63. The maximum absolute atomic E-state index is 9.07. The molecule has 1 unspecified atom stereocenters. The zero-order valence-electron chi connectivity index (χ0n) is 9.32. The summed E-state index contributed by atoms with van der Waals surface area (Å²) < 4.78 is 11.2. The molecule has 0 amide bonds. The van der Waals surface area contributed by atoms with Gasteiger partial charge in [-0.1, -0.05) is 6.92 Å². The van der Waals surface area contributed by atoms with Crippen molar-refractivity contribution < 1.29 is 14.6 Å². The highest BCUT2D eigenvalue weighted by Crippen LogP contribution is 2.20. The van der Waals surface area contributed by atoms with Gasteiger partial charge in [0.15, 0.2) is 6.29 Å². The van der Waals surface area contributed by atoms with Crippen LogP contribution in [0.5, 0.6) is 0 Å². The van der Waals surface area contributed by atoms with Gasteiger partial charge in [-0.15, -0.1) is 12.3 Å². The molecule has 1 aliphatic rings. The van der Waals surface area contributed by atoms with E-state index < -0.39 is 0 Å². The predicted octanol–water partition coefficient (Wildman–Crippen LogP) is 1.55. The van der Waals surface area contributed by atoms with E-state index in [2.05, 4.69) is 5.92 Å². The minimum atomic E-state index is -0.133. The molecule has 15 heavy (non-hydrogen) atoms. The summed E-state index contributed by atoms with van der Waals surface area (Å²) in [5.41, 5.74) is 0. The van der Waals surface area contributed by atoms with Crippen molar-refractivity contribution >= 4 is 0 Å². The van der Waals surface area contributed by atoms with E-state index in [1.165, 1.54) is 0 Å². The van der Waals surface area contributed by atoms with E-state index in [1.54, 1.807) is 0 Å². The van der Waals surface area contributed by atoms with Crippen molar-refractivity contribution in [3.8, 4) is 12.3 Å². The second kappa shape index (κ2) is 6.84. The van der Waals surface area contributed by atoms with Crippen LogP contribution in [0.2, 0.25) is 0 Å². The molecule has 86 valence electrons. The third kappa shape index (κ3) is 4.21. The average Bonchev–Trinajstić information content (AvgIpc) is 2.29. The number of rotatable bonds is 5. The van der Waals surface area contributed by atoms with Gasteiger partial charge in [-0.2, -0.15) is 0 Å². The van der Waals surface area contributed by atoms with Crippen LogP contribution in [0.15, 0.2) is 0 Å². The van der Waals surface area contributed by atoms with Crippen LogP contribution < -0.4 is 0 Å². The number of ether oxygens (including phenoxy) is 2. The van der Waals surface area contributed by atoms with Crippen molar-refractivity contribution in [3.05, 3.63) is 0 Å². The number of aliphatic hydroxyl groups excluding tert-OH is 1. The van der Waals surface area contributed by atoms with Crippen LogP contribution >= 0.6 is 0 Å². The first kappa shape index (κ1) is 12.5. The molecule has 1 saturated heterocycles. The minimum Gasteiger partial charge on any atom is -0.396 e. The Morgan fingerprint density at radius 2 is 2.40 bits per heavy atom. The summed E-state index contributed by atoms with van der Waals surface area (Å²) in [7, 11) is 0. The van der Waals surface area contributed by atoms with E-state index in [-0.39, 0.29) is 24.9 Å². The summed E-state index contributed by atoms with van der Waals surface area (Å²) in [6.45, 7) is 2.80. The van der Waals surface area contributed by atoms with E-state index in [4.69, 9.17) is 21.0 Å². The quantitative estimate of drug-likeness (QED) is 0.703. The maximum Gasteiger partial charge on any atom is 0.158 e.